The molecule has 0 amide bonds. The van der Waals surface area contributed by atoms with Gasteiger partial charge in [-0.2, -0.15) is 8.42 Å². The van der Waals surface area contributed by atoms with Crippen LogP contribution in [0.2, 0.25) is 0 Å². The van der Waals surface area contributed by atoms with Crippen LogP contribution in [0.25, 0.3) is 0 Å². The van der Waals surface area contributed by atoms with E-state index in [9.17, 15) is 18.0 Å². The van der Waals surface area contributed by atoms with Crippen LogP contribution < -0.4 is 0 Å². The molecule has 0 heterocycles. The number of oxime groups is 1. The molecule has 8 nitrogen and oxygen atoms in total. The number of ether oxygens (including phenoxy) is 2. The number of benzene rings is 1. The highest BCUT2D eigenvalue weighted by Crippen LogP contribution is 2.16. The Morgan fingerprint density at radius 2 is 1.77 bits per heavy atom. The molecule has 10 heteroatoms. The van der Waals surface area contributed by atoms with Crippen LogP contribution in [0, 0.1) is 12.8 Å². The fourth-order valence-corrected chi connectivity index (χ4v) is 3.63. The van der Waals surface area contributed by atoms with Gasteiger partial charge >= 0.3 is 22.1 Å². The highest BCUT2D eigenvalue weighted by molar-refractivity contribution is 8.16. The molecule has 0 spiro atoms. The Kier molecular flexibility index (Phi) is 11.5. The first-order valence-corrected chi connectivity index (χ1v) is 12.0. The molecule has 168 valence electrons. The summed E-state index contributed by atoms with van der Waals surface area (Å²) in [6, 6.07) is 5.94. The van der Waals surface area contributed by atoms with E-state index in [2.05, 4.69) is 28.0 Å². The molecule has 0 saturated carbocycles. The minimum atomic E-state index is -4.21. The Balaban J connectivity index is 2.56. The van der Waals surface area contributed by atoms with Crippen molar-refractivity contribution in [1.29, 1.82) is 0 Å². The van der Waals surface area contributed by atoms with E-state index in [1.165, 1.54) is 12.1 Å². The van der Waals surface area contributed by atoms with E-state index in [-0.39, 0.29) is 10.6 Å². The zero-order valence-electron chi connectivity index (χ0n) is 17.8. The number of aryl methyl sites for hydroxylation is 1. The van der Waals surface area contributed by atoms with Gasteiger partial charge < -0.3 is 9.47 Å². The molecule has 30 heavy (non-hydrogen) atoms. The molecule has 0 unspecified atom stereocenters. The number of rotatable bonds is 11. The number of methoxy groups -OCH3 is 1. The molecule has 0 bridgehead atoms. The lowest BCUT2D eigenvalue weighted by molar-refractivity contribution is -0.140. The lowest BCUT2D eigenvalue weighted by Gasteiger charge is -2.07. The first kappa shape index (κ1) is 26.0. The SMILES string of the molecule is COC(=O)/C(=N/OS(=O)(=O)c1ccc(C)cc1)SCC(=O)OCCCCCC(C)C. The van der Waals surface area contributed by atoms with E-state index >= 15 is 0 Å². The van der Waals surface area contributed by atoms with Crippen molar-refractivity contribution in [2.75, 3.05) is 19.5 Å². The second kappa shape index (κ2) is 13.3. The number of unbranched alkanes of at least 4 members (excludes halogenated alkanes) is 2. The van der Waals surface area contributed by atoms with E-state index in [1.807, 2.05) is 6.92 Å². The fourth-order valence-electron chi connectivity index (χ4n) is 2.23. The standard InChI is InChI=1S/C20H29NO7S2/c1-15(2)8-6-5-7-13-27-18(22)14-29-19(20(23)26-4)21-28-30(24,25)17-11-9-16(3)10-12-17/h9-12,15H,5-8,13-14H2,1-4H3/b21-19-. The Morgan fingerprint density at radius 3 is 2.37 bits per heavy atom. The predicted octanol–water partition coefficient (Wildman–Crippen LogP) is 3.68. The average molecular weight is 460 g/mol. The maximum Gasteiger partial charge on any atom is 0.366 e. The van der Waals surface area contributed by atoms with Gasteiger partial charge in [0.05, 0.1) is 19.5 Å². The van der Waals surface area contributed by atoms with Crippen LogP contribution >= 0.6 is 11.8 Å². The van der Waals surface area contributed by atoms with E-state index < -0.39 is 27.1 Å². The lowest BCUT2D eigenvalue weighted by atomic mass is 10.1. The number of carbonyl (C=O) groups excluding carboxylic acids is 2. The smallest absolute Gasteiger partial charge is 0.366 e. The van der Waals surface area contributed by atoms with Gasteiger partial charge in [-0.25, -0.2) is 4.79 Å². The van der Waals surface area contributed by atoms with Gasteiger partial charge in [0.25, 0.3) is 0 Å². The molecule has 0 aromatic heterocycles. The zero-order chi connectivity index (χ0) is 22.6. The average Bonchev–Trinajstić information content (AvgIpc) is 2.70. The molecule has 0 aliphatic carbocycles. The summed E-state index contributed by atoms with van der Waals surface area (Å²) in [5.41, 5.74) is 0.877. The molecule has 0 N–H and O–H groups in total. The first-order valence-electron chi connectivity index (χ1n) is 9.60. The Hall–Kier alpha value is -2.07. The zero-order valence-corrected chi connectivity index (χ0v) is 19.4. The number of carbonyl (C=O) groups is 2. The summed E-state index contributed by atoms with van der Waals surface area (Å²) in [5, 5.41) is 2.98. The highest BCUT2D eigenvalue weighted by Gasteiger charge is 2.20. The van der Waals surface area contributed by atoms with Crippen molar-refractivity contribution in [2.45, 2.75) is 51.3 Å². The Morgan fingerprint density at radius 1 is 1.10 bits per heavy atom. The van der Waals surface area contributed by atoms with Crippen LogP contribution in [0.1, 0.15) is 45.1 Å². The van der Waals surface area contributed by atoms with E-state index in [0.29, 0.717) is 24.3 Å². The van der Waals surface area contributed by atoms with Crippen molar-refractivity contribution in [1.82, 2.24) is 0 Å². The van der Waals surface area contributed by atoms with Gasteiger partial charge in [0, 0.05) is 0 Å². The van der Waals surface area contributed by atoms with E-state index in [1.54, 1.807) is 12.1 Å². The number of thioether (sulfide) groups is 1. The van der Waals surface area contributed by atoms with Gasteiger partial charge in [-0.15, -0.1) is 0 Å². The summed E-state index contributed by atoms with van der Waals surface area (Å²) in [5.74, 6) is -1.03. The lowest BCUT2D eigenvalue weighted by Crippen LogP contribution is -2.17. The summed E-state index contributed by atoms with van der Waals surface area (Å²) in [7, 11) is -3.09. The molecule has 1 aromatic rings. The second-order valence-corrected chi connectivity index (χ2v) is 9.47. The van der Waals surface area contributed by atoms with Gasteiger partial charge in [-0.3, -0.25) is 9.08 Å². The third-order valence-electron chi connectivity index (χ3n) is 3.90. The molecule has 0 atom stereocenters. The summed E-state index contributed by atoms with van der Waals surface area (Å²) >= 11 is 0.684. The normalized spacial score (nSPS) is 12.0. The maximum absolute atomic E-state index is 12.2. The first-order chi connectivity index (χ1) is 14.2. The largest absolute Gasteiger partial charge is 0.465 e. The third kappa shape index (κ3) is 10.1. The molecular formula is C20H29NO7S2. The molecule has 0 radical (unpaired) electrons. The van der Waals surface area contributed by atoms with Crippen LogP contribution in [0.5, 0.6) is 0 Å². The van der Waals surface area contributed by atoms with Gasteiger partial charge in [0.15, 0.2) is 0 Å². The molecule has 1 rings (SSSR count). The van der Waals surface area contributed by atoms with Gasteiger partial charge in [0.2, 0.25) is 5.04 Å². The van der Waals surface area contributed by atoms with Crippen molar-refractivity contribution in [3.05, 3.63) is 29.8 Å². The van der Waals surface area contributed by atoms with Crippen molar-refractivity contribution in [3.63, 3.8) is 0 Å². The van der Waals surface area contributed by atoms with Crippen molar-refractivity contribution in [3.8, 4) is 0 Å². The van der Waals surface area contributed by atoms with Crippen molar-refractivity contribution >= 4 is 38.9 Å². The number of hydrogen-bond donors (Lipinski definition) is 0. The van der Waals surface area contributed by atoms with Gasteiger partial charge in [-0.05, 0) is 31.4 Å². The van der Waals surface area contributed by atoms with Crippen molar-refractivity contribution < 1.29 is 31.8 Å². The number of nitrogens with zero attached hydrogens (tertiary/aromatic N) is 1. The second-order valence-electron chi connectivity index (χ2n) is 6.98. The minimum absolute atomic E-state index is 0.108. The molecule has 0 aliphatic heterocycles. The molecular weight excluding hydrogens is 430 g/mol. The number of hydrogen-bond acceptors (Lipinski definition) is 9. The fraction of sp³-hybridized carbons (Fsp3) is 0.550. The molecule has 0 saturated heterocycles. The third-order valence-corrected chi connectivity index (χ3v) is 5.92. The quantitative estimate of drug-likeness (QED) is 0.162. The summed E-state index contributed by atoms with van der Waals surface area (Å²) < 4.78 is 38.6. The highest BCUT2D eigenvalue weighted by atomic mass is 32.2. The minimum Gasteiger partial charge on any atom is -0.465 e. The molecule has 1 aromatic carbocycles. The Labute approximate surface area is 182 Å². The summed E-state index contributed by atoms with van der Waals surface area (Å²) in [6.07, 6.45) is 3.95. The van der Waals surface area contributed by atoms with Crippen molar-refractivity contribution in [2.24, 2.45) is 11.1 Å². The topological polar surface area (TPSA) is 108 Å². The summed E-state index contributed by atoms with van der Waals surface area (Å²) in [6.45, 7) is 6.42. The van der Waals surface area contributed by atoms with E-state index in [0.717, 1.165) is 38.4 Å². The number of esters is 2. The molecule has 0 aliphatic rings. The van der Waals surface area contributed by atoms with Crippen LogP contribution in [0.15, 0.2) is 34.3 Å². The van der Waals surface area contributed by atoms with Crippen LogP contribution in [0.4, 0.5) is 0 Å². The van der Waals surface area contributed by atoms with Gasteiger partial charge in [0.1, 0.15) is 4.90 Å². The predicted molar refractivity (Wildman–Crippen MR) is 116 cm³/mol. The van der Waals surface area contributed by atoms with Crippen LogP contribution in [-0.4, -0.2) is 44.9 Å². The molecule has 0 fully saturated rings. The van der Waals surface area contributed by atoms with Crippen LogP contribution in [0.3, 0.4) is 0 Å². The maximum atomic E-state index is 12.2. The summed E-state index contributed by atoms with van der Waals surface area (Å²) in [4.78, 5) is 23.5. The van der Waals surface area contributed by atoms with E-state index in [4.69, 9.17) is 4.74 Å². The van der Waals surface area contributed by atoms with Crippen LogP contribution in [-0.2, 0) is 33.5 Å². The monoisotopic (exact) mass is 459 g/mol. The Bertz CT molecular complexity index is 818. The van der Waals surface area contributed by atoms with Gasteiger partial charge in [-0.1, -0.05) is 67.7 Å².